The molecule has 1 fully saturated rings. The molecule has 1 aliphatic carbocycles. The van der Waals surface area contributed by atoms with Crippen molar-refractivity contribution >= 4 is 43.2 Å². The van der Waals surface area contributed by atoms with E-state index in [1.54, 1.807) is 18.2 Å². The van der Waals surface area contributed by atoms with Gasteiger partial charge in [-0.05, 0) is 36.6 Å². The van der Waals surface area contributed by atoms with Crippen LogP contribution in [0.4, 0.5) is 0 Å². The fourth-order valence-electron chi connectivity index (χ4n) is 3.30. The maximum absolute atomic E-state index is 13.1. The molecule has 2 amide bonds. The minimum absolute atomic E-state index is 0.0722. The van der Waals surface area contributed by atoms with Crippen molar-refractivity contribution in [1.29, 1.82) is 0 Å². The summed E-state index contributed by atoms with van der Waals surface area (Å²) in [4.78, 5) is 33.3. The number of rotatable bonds is 10. The first-order valence-electron chi connectivity index (χ1n) is 10.6. The van der Waals surface area contributed by atoms with Crippen LogP contribution in [0.5, 0.6) is 5.88 Å². The van der Waals surface area contributed by atoms with E-state index in [1.807, 2.05) is 6.07 Å². The molecule has 1 aliphatic rings. The van der Waals surface area contributed by atoms with Gasteiger partial charge in [-0.15, -0.1) is 11.3 Å². The van der Waals surface area contributed by atoms with Crippen LogP contribution >= 0.6 is 11.3 Å². The number of pyridine rings is 1. The Kier molecular flexibility index (Phi) is 7.10. The zero-order valence-electron chi connectivity index (χ0n) is 18.4. The normalized spacial score (nSPS) is 14.6. The summed E-state index contributed by atoms with van der Waals surface area (Å²) >= 11 is 1.10. The number of methoxy groups -OCH3 is 1. The number of aromatic hydroxyl groups is 1. The number of fused-ring (bicyclic) bond motifs is 1. The molecule has 0 saturated heterocycles. The van der Waals surface area contributed by atoms with Gasteiger partial charge in [-0.3, -0.25) is 9.59 Å². The average Bonchev–Trinajstić information content (AvgIpc) is 3.52. The number of aromatic nitrogens is 2. The predicted molar refractivity (Wildman–Crippen MR) is 127 cm³/mol. The van der Waals surface area contributed by atoms with E-state index in [1.165, 1.54) is 19.4 Å². The number of carbonyl (C=O) groups is 2. The Morgan fingerprint density at radius 3 is 2.68 bits per heavy atom. The molecule has 3 N–H and O–H groups in total. The zero-order chi connectivity index (χ0) is 24.3. The van der Waals surface area contributed by atoms with Crippen LogP contribution in [0, 0.1) is 0 Å². The molecule has 10 nitrogen and oxygen atoms in total. The quantitative estimate of drug-likeness (QED) is 0.377. The van der Waals surface area contributed by atoms with E-state index in [-0.39, 0.29) is 41.7 Å². The molecule has 1 atom stereocenters. The van der Waals surface area contributed by atoms with Gasteiger partial charge in [0.05, 0.1) is 29.1 Å². The Balaban J connectivity index is 1.62. The molecule has 0 bridgehead atoms. The number of ether oxygens (including phenoxy) is 1. The van der Waals surface area contributed by atoms with Crippen molar-refractivity contribution in [3.63, 3.8) is 0 Å². The smallest absolute Gasteiger partial charge is 0.245 e. The number of sulfone groups is 1. The van der Waals surface area contributed by atoms with Crippen LogP contribution in [0.25, 0.3) is 21.3 Å². The number of nitrogens with zero attached hydrogens (tertiary/aromatic N) is 2. The van der Waals surface area contributed by atoms with Crippen LogP contribution in [0.2, 0.25) is 0 Å². The Labute approximate surface area is 200 Å². The highest BCUT2D eigenvalue weighted by Gasteiger charge is 2.37. The second-order valence-electron chi connectivity index (χ2n) is 7.94. The standard InChI is InChI=1S/C22H24N4O6S2/c1-32-8-9-34(30,31)20(21(29)24-12-19(28)25-15-4-5-15)22-26-16-6-2-13(10-17(16)33-22)14-3-7-18(27)23-11-14/h2-3,6-7,10-11,15,20H,4-5,8-9,12H2,1H3,(H,23,27)(H,24,29)(H,25,28). The highest BCUT2D eigenvalue weighted by atomic mass is 32.2. The molecular weight excluding hydrogens is 480 g/mol. The van der Waals surface area contributed by atoms with Gasteiger partial charge >= 0.3 is 0 Å². The summed E-state index contributed by atoms with van der Waals surface area (Å²) in [5.74, 6) is -1.62. The van der Waals surface area contributed by atoms with E-state index in [0.29, 0.717) is 10.2 Å². The molecule has 1 unspecified atom stereocenters. The van der Waals surface area contributed by atoms with Gasteiger partial charge in [0.25, 0.3) is 0 Å². The minimum Gasteiger partial charge on any atom is -0.493 e. The van der Waals surface area contributed by atoms with E-state index in [4.69, 9.17) is 4.74 Å². The second-order valence-corrected chi connectivity index (χ2v) is 11.2. The number of hydrogen-bond donors (Lipinski definition) is 3. The molecule has 180 valence electrons. The maximum atomic E-state index is 13.1. The third-order valence-electron chi connectivity index (χ3n) is 5.25. The Bertz CT molecular complexity index is 1300. The predicted octanol–water partition coefficient (Wildman–Crippen LogP) is 1.56. The van der Waals surface area contributed by atoms with Crippen molar-refractivity contribution in [2.45, 2.75) is 24.1 Å². The molecule has 3 aromatic rings. The van der Waals surface area contributed by atoms with Gasteiger partial charge in [-0.25, -0.2) is 18.4 Å². The number of amides is 2. The monoisotopic (exact) mass is 504 g/mol. The van der Waals surface area contributed by atoms with Crippen molar-refractivity contribution < 1.29 is 27.9 Å². The van der Waals surface area contributed by atoms with E-state index < -0.39 is 21.0 Å². The van der Waals surface area contributed by atoms with Gasteiger partial charge < -0.3 is 20.5 Å². The Hall–Kier alpha value is -3.09. The molecule has 0 aliphatic heterocycles. The van der Waals surface area contributed by atoms with Crippen molar-refractivity contribution in [3.05, 3.63) is 41.5 Å². The lowest BCUT2D eigenvalue weighted by molar-refractivity contribution is -0.126. The van der Waals surface area contributed by atoms with Gasteiger partial charge in [0.2, 0.25) is 17.7 Å². The summed E-state index contributed by atoms with van der Waals surface area (Å²) < 4.78 is 31.7. The van der Waals surface area contributed by atoms with Gasteiger partial charge in [-0.2, -0.15) is 0 Å². The Morgan fingerprint density at radius 2 is 2.00 bits per heavy atom. The van der Waals surface area contributed by atoms with Crippen molar-refractivity contribution in [3.8, 4) is 17.0 Å². The zero-order valence-corrected chi connectivity index (χ0v) is 20.0. The van der Waals surface area contributed by atoms with Crippen LogP contribution in [0.15, 0.2) is 36.5 Å². The molecule has 12 heteroatoms. The largest absolute Gasteiger partial charge is 0.493 e. The Morgan fingerprint density at radius 1 is 1.24 bits per heavy atom. The fourth-order valence-corrected chi connectivity index (χ4v) is 6.28. The van der Waals surface area contributed by atoms with Crippen LogP contribution < -0.4 is 10.6 Å². The summed E-state index contributed by atoms with van der Waals surface area (Å²) in [5.41, 5.74) is 2.11. The first kappa shape index (κ1) is 24.0. The molecule has 1 aromatic carbocycles. The van der Waals surface area contributed by atoms with E-state index >= 15 is 0 Å². The lowest BCUT2D eigenvalue weighted by Crippen LogP contribution is -2.41. The van der Waals surface area contributed by atoms with Crippen LogP contribution in [0.1, 0.15) is 23.1 Å². The summed E-state index contributed by atoms with van der Waals surface area (Å²) in [6.07, 6.45) is 3.33. The number of hydrogen-bond acceptors (Lipinski definition) is 9. The molecule has 34 heavy (non-hydrogen) atoms. The highest BCUT2D eigenvalue weighted by molar-refractivity contribution is 7.92. The first-order valence-corrected chi connectivity index (χ1v) is 13.1. The first-order chi connectivity index (χ1) is 16.3. The molecule has 2 heterocycles. The van der Waals surface area contributed by atoms with Gasteiger partial charge in [0, 0.05) is 31.0 Å². The van der Waals surface area contributed by atoms with Gasteiger partial charge in [-0.1, -0.05) is 6.07 Å². The van der Waals surface area contributed by atoms with Crippen LogP contribution in [0.3, 0.4) is 0 Å². The van der Waals surface area contributed by atoms with E-state index in [9.17, 15) is 23.1 Å². The summed E-state index contributed by atoms with van der Waals surface area (Å²) in [6.45, 7) is -0.383. The molecule has 4 rings (SSSR count). The van der Waals surface area contributed by atoms with Crippen molar-refractivity contribution in [1.82, 2.24) is 20.6 Å². The third-order valence-corrected chi connectivity index (χ3v) is 8.37. The van der Waals surface area contributed by atoms with E-state index in [2.05, 4.69) is 20.6 Å². The lowest BCUT2D eigenvalue weighted by Gasteiger charge is -2.15. The second kappa shape index (κ2) is 10.0. The maximum Gasteiger partial charge on any atom is 0.245 e. The fraction of sp³-hybridized carbons (Fsp3) is 0.364. The van der Waals surface area contributed by atoms with Gasteiger partial charge in [0.15, 0.2) is 15.1 Å². The SMILES string of the molecule is COCCS(=O)(=O)C(C(=O)NCC(=O)NC1CC1)c1nc2ccc(-c3ccc(O)nc3)cc2s1. The van der Waals surface area contributed by atoms with Crippen LogP contribution in [-0.2, 0) is 24.2 Å². The highest BCUT2D eigenvalue weighted by Crippen LogP contribution is 2.34. The molecule has 2 aromatic heterocycles. The molecule has 1 saturated carbocycles. The average molecular weight is 505 g/mol. The molecular formula is C22H24N4O6S2. The van der Waals surface area contributed by atoms with E-state index in [0.717, 1.165) is 35.3 Å². The third kappa shape index (κ3) is 5.69. The van der Waals surface area contributed by atoms with Crippen LogP contribution in [-0.4, -0.2) is 67.4 Å². The van der Waals surface area contributed by atoms with Crippen molar-refractivity contribution in [2.24, 2.45) is 0 Å². The topological polar surface area (TPSA) is 148 Å². The lowest BCUT2D eigenvalue weighted by atomic mass is 10.1. The number of benzene rings is 1. The minimum atomic E-state index is -3.97. The number of thiazole rings is 1. The molecule has 0 spiro atoms. The number of nitrogens with one attached hydrogen (secondary N) is 2. The van der Waals surface area contributed by atoms with Gasteiger partial charge in [0.1, 0.15) is 5.01 Å². The van der Waals surface area contributed by atoms with Crippen molar-refractivity contribution in [2.75, 3.05) is 26.0 Å². The summed E-state index contributed by atoms with van der Waals surface area (Å²) in [5, 5.41) is 13.2. The number of carbonyl (C=O) groups excluding carboxylic acids is 2. The molecule has 0 radical (unpaired) electrons. The summed E-state index contributed by atoms with van der Waals surface area (Å²) in [6, 6.07) is 8.68. The summed E-state index contributed by atoms with van der Waals surface area (Å²) in [7, 11) is -2.59.